The summed E-state index contributed by atoms with van der Waals surface area (Å²) >= 11 is 1.37. The average Bonchev–Trinajstić information content (AvgIpc) is 2.86. The van der Waals surface area contributed by atoms with Gasteiger partial charge in [0.15, 0.2) is 9.84 Å². The highest BCUT2D eigenvalue weighted by molar-refractivity contribution is 7.91. The largest absolute Gasteiger partial charge is 0.319 e. The van der Waals surface area contributed by atoms with Crippen molar-refractivity contribution in [2.75, 3.05) is 11.1 Å². The Bertz CT molecular complexity index is 736. The number of amides is 1. The van der Waals surface area contributed by atoms with Crippen molar-refractivity contribution < 1.29 is 13.2 Å². The molecule has 1 aromatic heterocycles. The van der Waals surface area contributed by atoms with Crippen LogP contribution in [-0.4, -0.2) is 25.1 Å². The van der Waals surface area contributed by atoms with Crippen LogP contribution in [0.25, 0.3) is 0 Å². The zero-order valence-electron chi connectivity index (χ0n) is 11.1. The second-order valence-corrected chi connectivity index (χ2v) is 7.41. The molecule has 0 unspecified atom stereocenters. The van der Waals surface area contributed by atoms with Gasteiger partial charge in [-0.25, -0.2) is 13.4 Å². The Morgan fingerprint density at radius 1 is 1.35 bits per heavy atom. The summed E-state index contributed by atoms with van der Waals surface area (Å²) in [6.07, 6.45) is 0. The van der Waals surface area contributed by atoms with Gasteiger partial charge in [0.1, 0.15) is 5.69 Å². The van der Waals surface area contributed by atoms with Gasteiger partial charge < -0.3 is 5.32 Å². The Morgan fingerprint density at radius 3 is 2.65 bits per heavy atom. The van der Waals surface area contributed by atoms with E-state index in [1.54, 1.807) is 37.4 Å². The third-order valence-corrected chi connectivity index (χ3v) is 5.26. The van der Waals surface area contributed by atoms with E-state index < -0.39 is 15.7 Å². The number of carbonyl (C=O) groups excluding carboxylic acids is 1. The second kappa shape index (κ2) is 5.72. The normalized spacial score (nSPS) is 11.3. The summed E-state index contributed by atoms with van der Waals surface area (Å²) in [5.41, 5.74) is 0.571. The molecule has 0 radical (unpaired) electrons. The van der Waals surface area contributed by atoms with Gasteiger partial charge in [-0.1, -0.05) is 19.1 Å². The molecule has 0 fully saturated rings. The second-order valence-electron chi connectivity index (χ2n) is 4.11. The molecule has 106 valence electrons. The predicted molar refractivity (Wildman–Crippen MR) is 79.0 cm³/mol. The number of anilines is 1. The molecule has 0 aliphatic heterocycles. The summed E-state index contributed by atoms with van der Waals surface area (Å²) in [5.74, 6) is -0.427. The number of aryl methyl sites for hydroxylation is 1. The Labute approximate surface area is 121 Å². The fourth-order valence-electron chi connectivity index (χ4n) is 1.65. The zero-order chi connectivity index (χ0) is 14.8. The van der Waals surface area contributed by atoms with Gasteiger partial charge in [0.05, 0.1) is 21.3 Å². The molecule has 1 N–H and O–H groups in total. The van der Waals surface area contributed by atoms with Crippen molar-refractivity contribution in [3.05, 3.63) is 40.3 Å². The van der Waals surface area contributed by atoms with Crippen LogP contribution in [0.3, 0.4) is 0 Å². The number of rotatable bonds is 4. The Kier molecular flexibility index (Phi) is 4.20. The number of nitrogens with one attached hydrogen (secondary N) is 1. The number of benzene rings is 1. The molecule has 1 heterocycles. The summed E-state index contributed by atoms with van der Waals surface area (Å²) in [4.78, 5) is 16.2. The van der Waals surface area contributed by atoms with Crippen LogP contribution in [0.2, 0.25) is 0 Å². The molecule has 20 heavy (non-hydrogen) atoms. The third kappa shape index (κ3) is 3.05. The minimum Gasteiger partial charge on any atom is -0.319 e. The van der Waals surface area contributed by atoms with Crippen LogP contribution in [0.15, 0.2) is 34.5 Å². The first-order valence-electron chi connectivity index (χ1n) is 5.99. The number of sulfone groups is 1. The fourth-order valence-corrected chi connectivity index (χ4v) is 3.29. The average molecular weight is 310 g/mol. The highest BCUT2D eigenvalue weighted by atomic mass is 32.2. The van der Waals surface area contributed by atoms with Gasteiger partial charge in [-0.05, 0) is 19.1 Å². The van der Waals surface area contributed by atoms with Gasteiger partial charge in [-0.15, -0.1) is 11.3 Å². The summed E-state index contributed by atoms with van der Waals surface area (Å²) in [6, 6.07) is 6.36. The number of hydrogen-bond donors (Lipinski definition) is 1. The molecule has 7 heteroatoms. The molecular weight excluding hydrogens is 296 g/mol. The van der Waals surface area contributed by atoms with Crippen LogP contribution in [0, 0.1) is 6.92 Å². The molecule has 0 spiro atoms. The van der Waals surface area contributed by atoms with Crippen molar-refractivity contribution in [1.29, 1.82) is 0 Å². The summed E-state index contributed by atoms with van der Waals surface area (Å²) in [5, 5.41) is 5.03. The smallest absolute Gasteiger partial charge is 0.275 e. The van der Waals surface area contributed by atoms with Gasteiger partial charge in [0.2, 0.25) is 0 Å². The van der Waals surface area contributed by atoms with Crippen molar-refractivity contribution >= 4 is 32.8 Å². The molecular formula is C13H14N2O3S2. The lowest BCUT2D eigenvalue weighted by Crippen LogP contribution is -2.15. The molecule has 1 aromatic carbocycles. The SMILES string of the molecule is CCS(=O)(=O)c1ccccc1NC(=O)c1csc(C)n1. The first-order chi connectivity index (χ1) is 9.44. The van der Waals surface area contributed by atoms with Gasteiger partial charge in [0.25, 0.3) is 5.91 Å². The number of nitrogens with zero attached hydrogens (tertiary/aromatic N) is 1. The molecule has 0 aliphatic rings. The number of carbonyl (C=O) groups is 1. The van der Waals surface area contributed by atoms with Gasteiger partial charge >= 0.3 is 0 Å². The van der Waals surface area contributed by atoms with E-state index in [0.717, 1.165) is 5.01 Å². The number of aromatic nitrogens is 1. The third-order valence-electron chi connectivity index (χ3n) is 2.70. The van der Waals surface area contributed by atoms with E-state index in [1.807, 2.05) is 0 Å². The molecule has 5 nitrogen and oxygen atoms in total. The molecule has 1 amide bonds. The molecule has 2 aromatic rings. The van der Waals surface area contributed by atoms with E-state index in [2.05, 4.69) is 10.3 Å². The van der Waals surface area contributed by atoms with Crippen molar-refractivity contribution in [3.8, 4) is 0 Å². The topological polar surface area (TPSA) is 76.1 Å². The van der Waals surface area contributed by atoms with E-state index in [-0.39, 0.29) is 22.0 Å². The van der Waals surface area contributed by atoms with Gasteiger partial charge in [-0.2, -0.15) is 0 Å². The van der Waals surface area contributed by atoms with Crippen LogP contribution < -0.4 is 5.32 Å². The molecule has 0 bridgehead atoms. The van der Waals surface area contributed by atoms with Gasteiger partial charge in [-0.3, -0.25) is 4.79 Å². The molecule has 2 rings (SSSR count). The lowest BCUT2D eigenvalue weighted by molar-refractivity contribution is 0.102. The highest BCUT2D eigenvalue weighted by Gasteiger charge is 2.18. The minimum absolute atomic E-state index is 0.0182. The fraction of sp³-hybridized carbons (Fsp3) is 0.231. The van der Waals surface area contributed by atoms with Crippen LogP contribution in [0.4, 0.5) is 5.69 Å². The minimum atomic E-state index is -3.38. The first kappa shape index (κ1) is 14.7. The molecule has 0 saturated carbocycles. The molecule has 0 saturated heterocycles. The van der Waals surface area contributed by atoms with Gasteiger partial charge in [0, 0.05) is 5.38 Å². The zero-order valence-corrected chi connectivity index (χ0v) is 12.7. The van der Waals surface area contributed by atoms with Crippen LogP contribution in [0.1, 0.15) is 22.4 Å². The Hall–Kier alpha value is -1.73. The van der Waals surface area contributed by atoms with Crippen molar-refractivity contribution in [2.24, 2.45) is 0 Å². The predicted octanol–water partition coefficient (Wildman–Crippen LogP) is 2.50. The van der Waals surface area contributed by atoms with E-state index in [4.69, 9.17) is 0 Å². The number of hydrogen-bond acceptors (Lipinski definition) is 5. The Balaban J connectivity index is 2.33. The summed E-state index contributed by atoms with van der Waals surface area (Å²) in [7, 11) is -3.38. The van der Waals surface area contributed by atoms with E-state index in [1.165, 1.54) is 17.4 Å². The molecule has 0 atom stereocenters. The van der Waals surface area contributed by atoms with Crippen molar-refractivity contribution in [2.45, 2.75) is 18.7 Å². The molecule has 0 aliphatic carbocycles. The van der Waals surface area contributed by atoms with Crippen LogP contribution >= 0.6 is 11.3 Å². The highest BCUT2D eigenvalue weighted by Crippen LogP contribution is 2.22. The Morgan fingerprint density at radius 2 is 2.05 bits per heavy atom. The standard InChI is InChI=1S/C13H14N2O3S2/c1-3-20(17,18)12-7-5-4-6-10(12)15-13(16)11-8-19-9(2)14-11/h4-8H,3H2,1-2H3,(H,15,16). The van der Waals surface area contributed by atoms with Crippen LogP contribution in [0.5, 0.6) is 0 Å². The van der Waals surface area contributed by atoms with Crippen molar-refractivity contribution in [1.82, 2.24) is 4.98 Å². The number of thiazole rings is 1. The number of para-hydroxylation sites is 1. The monoisotopic (exact) mass is 310 g/mol. The quantitative estimate of drug-likeness (QED) is 0.941. The maximum Gasteiger partial charge on any atom is 0.275 e. The van der Waals surface area contributed by atoms with Crippen molar-refractivity contribution in [3.63, 3.8) is 0 Å². The van der Waals surface area contributed by atoms with E-state index in [0.29, 0.717) is 0 Å². The van der Waals surface area contributed by atoms with Crippen LogP contribution in [-0.2, 0) is 9.84 Å². The summed E-state index contributed by atoms with van der Waals surface area (Å²) in [6.45, 7) is 3.37. The lowest BCUT2D eigenvalue weighted by atomic mass is 10.3. The van der Waals surface area contributed by atoms with E-state index in [9.17, 15) is 13.2 Å². The lowest BCUT2D eigenvalue weighted by Gasteiger charge is -2.09. The van der Waals surface area contributed by atoms with E-state index >= 15 is 0 Å². The maximum absolute atomic E-state index is 12.0. The maximum atomic E-state index is 12.0. The first-order valence-corrected chi connectivity index (χ1v) is 8.52. The summed E-state index contributed by atoms with van der Waals surface area (Å²) < 4.78 is 24.0.